The van der Waals surface area contributed by atoms with Gasteiger partial charge in [-0.1, -0.05) is 12.8 Å². The number of carbonyl (C=O) groups is 1. The summed E-state index contributed by atoms with van der Waals surface area (Å²) in [7, 11) is 1.43. The monoisotopic (exact) mass is 269 g/mol. The number of nitrogens with zero attached hydrogens (tertiary/aromatic N) is 2. The number of aliphatic imine (C=N–C) groups is 1. The van der Waals surface area contributed by atoms with Crippen LogP contribution in [0.3, 0.4) is 0 Å². The molecule has 1 heterocycles. The second-order valence-corrected chi connectivity index (χ2v) is 5.03. The van der Waals surface area contributed by atoms with Gasteiger partial charge in [-0.25, -0.2) is 0 Å². The molecule has 1 rings (SSSR count). The summed E-state index contributed by atoms with van der Waals surface area (Å²) in [5.74, 6) is 0.585. The molecule has 1 saturated heterocycles. The predicted octanol–water partition coefficient (Wildman–Crippen LogP) is 1.91. The quantitative estimate of drug-likeness (QED) is 0.332. The third-order valence-electron chi connectivity index (χ3n) is 3.47. The van der Waals surface area contributed by atoms with Gasteiger partial charge in [-0.2, -0.15) is 0 Å². The highest BCUT2D eigenvalue weighted by Gasteiger charge is 2.11. The van der Waals surface area contributed by atoms with Gasteiger partial charge in [0.15, 0.2) is 5.96 Å². The minimum atomic E-state index is -0.118. The van der Waals surface area contributed by atoms with Gasteiger partial charge in [-0.3, -0.25) is 9.79 Å². The summed E-state index contributed by atoms with van der Waals surface area (Å²) < 4.78 is 4.59. The van der Waals surface area contributed by atoms with Crippen molar-refractivity contribution in [2.24, 2.45) is 10.7 Å². The highest BCUT2D eigenvalue weighted by Crippen LogP contribution is 2.08. The van der Waals surface area contributed by atoms with Crippen LogP contribution in [-0.2, 0) is 9.53 Å². The van der Waals surface area contributed by atoms with Crippen LogP contribution in [0, 0.1) is 0 Å². The molecule has 0 radical (unpaired) electrons. The molecule has 1 fully saturated rings. The van der Waals surface area contributed by atoms with Crippen LogP contribution in [-0.4, -0.2) is 43.6 Å². The third-order valence-corrected chi connectivity index (χ3v) is 3.47. The average Bonchev–Trinajstić information content (AvgIpc) is 2.46. The van der Waals surface area contributed by atoms with Crippen molar-refractivity contribution in [3.63, 3.8) is 0 Å². The molecule has 0 spiro atoms. The van der Waals surface area contributed by atoms with Gasteiger partial charge < -0.3 is 15.4 Å². The molecular weight excluding hydrogens is 242 g/mol. The first-order chi connectivity index (χ1) is 9.24. The van der Waals surface area contributed by atoms with E-state index in [0.29, 0.717) is 12.4 Å². The molecule has 0 aromatic carbocycles. The van der Waals surface area contributed by atoms with Gasteiger partial charge in [-0.05, 0) is 32.1 Å². The number of likely N-dealkylation sites (tertiary alicyclic amines) is 1. The van der Waals surface area contributed by atoms with Crippen molar-refractivity contribution < 1.29 is 9.53 Å². The fourth-order valence-corrected chi connectivity index (χ4v) is 2.25. The molecule has 1 aliphatic heterocycles. The van der Waals surface area contributed by atoms with Crippen LogP contribution in [0.25, 0.3) is 0 Å². The maximum Gasteiger partial charge on any atom is 0.305 e. The zero-order valence-electron chi connectivity index (χ0n) is 12.1. The van der Waals surface area contributed by atoms with Crippen molar-refractivity contribution in [1.82, 2.24) is 4.90 Å². The Labute approximate surface area is 116 Å². The molecule has 110 valence electrons. The second-order valence-electron chi connectivity index (χ2n) is 5.03. The van der Waals surface area contributed by atoms with Gasteiger partial charge in [0.05, 0.1) is 7.11 Å². The van der Waals surface area contributed by atoms with E-state index in [-0.39, 0.29) is 5.97 Å². The number of unbranched alkanes of at least 4 members (excludes halogenated alkanes) is 3. The Hall–Kier alpha value is -1.26. The fraction of sp³-hybridized carbons (Fsp3) is 0.857. The number of ether oxygens (including phenoxy) is 1. The van der Waals surface area contributed by atoms with Gasteiger partial charge in [0.2, 0.25) is 0 Å². The van der Waals surface area contributed by atoms with Crippen LogP contribution in [0.2, 0.25) is 0 Å². The van der Waals surface area contributed by atoms with E-state index < -0.39 is 0 Å². The number of hydrogen-bond donors (Lipinski definition) is 1. The number of guanidine groups is 1. The van der Waals surface area contributed by atoms with Crippen molar-refractivity contribution in [3.8, 4) is 0 Å². The summed E-state index contributed by atoms with van der Waals surface area (Å²) in [4.78, 5) is 17.5. The van der Waals surface area contributed by atoms with E-state index in [9.17, 15) is 4.79 Å². The fourth-order valence-electron chi connectivity index (χ4n) is 2.25. The first-order valence-electron chi connectivity index (χ1n) is 7.35. The van der Waals surface area contributed by atoms with Crippen molar-refractivity contribution in [2.45, 2.75) is 51.4 Å². The van der Waals surface area contributed by atoms with Crippen molar-refractivity contribution >= 4 is 11.9 Å². The lowest BCUT2D eigenvalue weighted by Gasteiger charge is -2.27. The zero-order valence-corrected chi connectivity index (χ0v) is 12.1. The van der Waals surface area contributed by atoms with E-state index in [0.717, 1.165) is 45.3 Å². The van der Waals surface area contributed by atoms with E-state index in [4.69, 9.17) is 5.73 Å². The number of hydrogen-bond acceptors (Lipinski definition) is 3. The number of nitrogens with two attached hydrogens (primary N) is 1. The molecule has 0 aromatic heterocycles. The third kappa shape index (κ3) is 7.03. The zero-order chi connectivity index (χ0) is 13.9. The molecule has 0 unspecified atom stereocenters. The van der Waals surface area contributed by atoms with Crippen LogP contribution in [0.5, 0.6) is 0 Å². The summed E-state index contributed by atoms with van der Waals surface area (Å²) in [6, 6.07) is 0. The number of rotatable bonds is 7. The average molecular weight is 269 g/mol. The minimum Gasteiger partial charge on any atom is -0.469 e. The lowest BCUT2D eigenvalue weighted by Crippen LogP contribution is -2.40. The van der Waals surface area contributed by atoms with Crippen LogP contribution < -0.4 is 5.73 Å². The number of methoxy groups -OCH3 is 1. The minimum absolute atomic E-state index is 0.118. The first-order valence-corrected chi connectivity index (χ1v) is 7.35. The Balaban J connectivity index is 2.01. The predicted molar refractivity (Wildman–Crippen MR) is 77.0 cm³/mol. The van der Waals surface area contributed by atoms with E-state index in [1.165, 1.54) is 26.4 Å². The Morgan fingerprint density at radius 1 is 1.16 bits per heavy atom. The molecule has 0 aromatic rings. The van der Waals surface area contributed by atoms with Gasteiger partial charge in [-0.15, -0.1) is 0 Å². The Morgan fingerprint density at radius 2 is 1.84 bits per heavy atom. The maximum absolute atomic E-state index is 10.9. The molecular formula is C14H27N3O2. The molecule has 0 amide bonds. The summed E-state index contributed by atoms with van der Waals surface area (Å²) in [5, 5.41) is 0. The number of piperidine rings is 1. The summed E-state index contributed by atoms with van der Waals surface area (Å²) in [6.45, 7) is 2.89. The summed E-state index contributed by atoms with van der Waals surface area (Å²) in [6.07, 6.45) is 8.36. The Kier molecular flexibility index (Phi) is 8.02. The highest BCUT2D eigenvalue weighted by atomic mass is 16.5. The van der Waals surface area contributed by atoms with Crippen LogP contribution in [0.4, 0.5) is 0 Å². The molecule has 19 heavy (non-hydrogen) atoms. The van der Waals surface area contributed by atoms with Crippen LogP contribution in [0.1, 0.15) is 51.4 Å². The topological polar surface area (TPSA) is 67.9 Å². The molecule has 0 aliphatic carbocycles. The van der Waals surface area contributed by atoms with Crippen LogP contribution in [0.15, 0.2) is 4.99 Å². The SMILES string of the molecule is COC(=O)CCCCCCN=C(N)N1CCCCC1. The molecule has 5 nitrogen and oxygen atoms in total. The number of carbonyl (C=O) groups excluding carboxylic acids is 1. The Morgan fingerprint density at radius 3 is 2.53 bits per heavy atom. The van der Waals surface area contributed by atoms with E-state index in [1.807, 2.05) is 0 Å². The molecule has 0 saturated carbocycles. The largest absolute Gasteiger partial charge is 0.469 e. The van der Waals surface area contributed by atoms with Gasteiger partial charge in [0.1, 0.15) is 0 Å². The normalized spacial score (nSPS) is 16.5. The lowest BCUT2D eigenvalue weighted by molar-refractivity contribution is -0.140. The summed E-state index contributed by atoms with van der Waals surface area (Å²) in [5.41, 5.74) is 5.96. The molecule has 0 atom stereocenters. The van der Waals surface area contributed by atoms with E-state index in [1.54, 1.807) is 0 Å². The Bertz CT molecular complexity index is 286. The molecule has 2 N–H and O–H groups in total. The molecule has 5 heteroatoms. The summed E-state index contributed by atoms with van der Waals surface area (Å²) >= 11 is 0. The van der Waals surface area contributed by atoms with Crippen LogP contribution >= 0.6 is 0 Å². The van der Waals surface area contributed by atoms with Crippen molar-refractivity contribution in [3.05, 3.63) is 0 Å². The van der Waals surface area contributed by atoms with Gasteiger partial charge in [0.25, 0.3) is 0 Å². The van der Waals surface area contributed by atoms with Gasteiger partial charge >= 0.3 is 5.97 Å². The smallest absolute Gasteiger partial charge is 0.305 e. The lowest BCUT2D eigenvalue weighted by atomic mass is 10.1. The van der Waals surface area contributed by atoms with Crippen molar-refractivity contribution in [2.75, 3.05) is 26.7 Å². The van der Waals surface area contributed by atoms with Gasteiger partial charge in [0, 0.05) is 26.1 Å². The second kappa shape index (κ2) is 9.64. The molecule has 0 bridgehead atoms. The first kappa shape index (κ1) is 15.8. The molecule has 1 aliphatic rings. The van der Waals surface area contributed by atoms with E-state index >= 15 is 0 Å². The highest BCUT2D eigenvalue weighted by molar-refractivity contribution is 5.78. The number of esters is 1. The van der Waals surface area contributed by atoms with E-state index in [2.05, 4.69) is 14.6 Å². The van der Waals surface area contributed by atoms with Crippen molar-refractivity contribution in [1.29, 1.82) is 0 Å². The maximum atomic E-state index is 10.9. The standard InChI is InChI=1S/C14H27N3O2/c1-19-13(18)9-5-2-3-6-10-16-14(15)17-11-7-4-8-12-17/h2-12H2,1H3,(H2,15,16).